The van der Waals surface area contributed by atoms with E-state index in [2.05, 4.69) is 5.32 Å². The molecule has 1 unspecified atom stereocenters. The second kappa shape index (κ2) is 6.22. The van der Waals surface area contributed by atoms with Gasteiger partial charge in [-0.25, -0.2) is 22.0 Å². The highest BCUT2D eigenvalue weighted by molar-refractivity contribution is 5.27. The van der Waals surface area contributed by atoms with Crippen molar-refractivity contribution in [2.24, 2.45) is 0 Å². The fraction of sp³-hybridized carbons (Fsp3) is 0.200. The number of halogens is 5. The van der Waals surface area contributed by atoms with E-state index in [1.807, 2.05) is 0 Å². The van der Waals surface area contributed by atoms with Crippen molar-refractivity contribution in [3.05, 3.63) is 70.5 Å². The summed E-state index contributed by atoms with van der Waals surface area (Å²) < 4.78 is 65.9. The van der Waals surface area contributed by atoms with Crippen molar-refractivity contribution in [1.82, 2.24) is 5.32 Å². The third kappa shape index (κ3) is 3.39. The molecule has 0 aliphatic carbocycles. The molecule has 0 aliphatic heterocycles. The molecule has 112 valence electrons. The van der Waals surface area contributed by atoms with E-state index in [1.54, 1.807) is 0 Å². The first kappa shape index (κ1) is 15.4. The van der Waals surface area contributed by atoms with Gasteiger partial charge in [0.1, 0.15) is 5.82 Å². The second-order valence-corrected chi connectivity index (χ2v) is 4.58. The molecule has 0 fully saturated rings. The summed E-state index contributed by atoms with van der Waals surface area (Å²) in [5.74, 6) is -5.36. The average Bonchev–Trinajstić information content (AvgIpc) is 2.44. The maximum atomic E-state index is 13.7. The number of hydrogen-bond acceptors (Lipinski definition) is 1. The minimum Gasteiger partial charge on any atom is -0.313 e. The summed E-state index contributed by atoms with van der Waals surface area (Å²) in [4.78, 5) is 0. The van der Waals surface area contributed by atoms with Crippen LogP contribution in [0.1, 0.15) is 17.2 Å². The Balaban J connectivity index is 2.31. The molecule has 6 heteroatoms. The molecule has 2 aromatic carbocycles. The number of hydrogen-bond donors (Lipinski definition) is 1. The summed E-state index contributed by atoms with van der Waals surface area (Å²) in [6, 6.07) is 3.80. The van der Waals surface area contributed by atoms with Crippen LogP contribution >= 0.6 is 0 Å². The van der Waals surface area contributed by atoms with Gasteiger partial charge in [0.15, 0.2) is 23.3 Å². The molecule has 2 rings (SSSR count). The smallest absolute Gasteiger partial charge is 0.161 e. The molecule has 2 aromatic rings. The third-order valence-electron chi connectivity index (χ3n) is 3.19. The lowest BCUT2D eigenvalue weighted by Crippen LogP contribution is -2.20. The van der Waals surface area contributed by atoms with Crippen molar-refractivity contribution in [3.8, 4) is 0 Å². The van der Waals surface area contributed by atoms with Gasteiger partial charge in [0.05, 0.1) is 0 Å². The van der Waals surface area contributed by atoms with E-state index in [4.69, 9.17) is 0 Å². The van der Waals surface area contributed by atoms with Crippen molar-refractivity contribution in [3.63, 3.8) is 0 Å². The monoisotopic (exact) mass is 301 g/mol. The Labute approximate surface area is 118 Å². The van der Waals surface area contributed by atoms with Crippen molar-refractivity contribution in [1.29, 1.82) is 0 Å². The maximum absolute atomic E-state index is 13.7. The van der Waals surface area contributed by atoms with Crippen molar-refractivity contribution < 1.29 is 22.0 Å². The van der Waals surface area contributed by atoms with Gasteiger partial charge in [-0.1, -0.05) is 6.07 Å². The molecule has 0 bridgehead atoms. The van der Waals surface area contributed by atoms with Crippen LogP contribution in [-0.4, -0.2) is 7.05 Å². The molecule has 0 saturated heterocycles. The van der Waals surface area contributed by atoms with Gasteiger partial charge in [-0.2, -0.15) is 0 Å². The van der Waals surface area contributed by atoms with Crippen LogP contribution in [0.5, 0.6) is 0 Å². The topological polar surface area (TPSA) is 12.0 Å². The van der Waals surface area contributed by atoms with E-state index in [-0.39, 0.29) is 12.0 Å². The third-order valence-corrected chi connectivity index (χ3v) is 3.19. The molecule has 0 amide bonds. The lowest BCUT2D eigenvalue weighted by molar-refractivity contribution is 0.473. The van der Waals surface area contributed by atoms with Crippen molar-refractivity contribution in [2.75, 3.05) is 7.05 Å². The Kier molecular flexibility index (Phi) is 4.57. The Morgan fingerprint density at radius 3 is 2.05 bits per heavy atom. The minimum absolute atomic E-state index is 0.0823. The van der Waals surface area contributed by atoms with Crippen LogP contribution in [0.15, 0.2) is 30.3 Å². The summed E-state index contributed by atoms with van der Waals surface area (Å²) >= 11 is 0. The van der Waals surface area contributed by atoms with Gasteiger partial charge in [-0.05, 0) is 37.2 Å². The van der Waals surface area contributed by atoms with Crippen LogP contribution in [0.4, 0.5) is 22.0 Å². The van der Waals surface area contributed by atoms with Gasteiger partial charge in [0.25, 0.3) is 0 Å². The molecule has 1 N–H and O–H groups in total. The summed E-state index contributed by atoms with van der Waals surface area (Å²) in [6.45, 7) is 0. The van der Waals surface area contributed by atoms with E-state index in [0.717, 1.165) is 18.2 Å². The molecular weight excluding hydrogens is 289 g/mol. The Morgan fingerprint density at radius 2 is 1.43 bits per heavy atom. The number of likely N-dealkylation sites (N-methyl/N-ethyl adjacent to an activating group) is 1. The molecule has 0 aliphatic rings. The SMILES string of the molecule is CNC(Cc1ccc(F)c(F)c1)c1cc(F)c(F)cc1F. The molecule has 0 heterocycles. The first-order valence-electron chi connectivity index (χ1n) is 6.18. The Bertz CT molecular complexity index is 657. The maximum Gasteiger partial charge on any atom is 0.161 e. The van der Waals surface area contributed by atoms with Crippen LogP contribution in [0.3, 0.4) is 0 Å². The Hall–Kier alpha value is -1.95. The highest BCUT2D eigenvalue weighted by Crippen LogP contribution is 2.24. The lowest BCUT2D eigenvalue weighted by atomic mass is 9.98. The van der Waals surface area contributed by atoms with E-state index in [9.17, 15) is 22.0 Å². The number of rotatable bonds is 4. The number of benzene rings is 2. The lowest BCUT2D eigenvalue weighted by Gasteiger charge is -2.18. The van der Waals surface area contributed by atoms with Crippen LogP contribution in [0.25, 0.3) is 0 Å². The standard InChI is InChI=1S/C15H12F5N/c1-21-15(5-8-2-3-10(16)12(18)4-8)9-6-13(19)14(20)7-11(9)17/h2-4,6-7,15,21H,5H2,1H3. The van der Waals surface area contributed by atoms with Gasteiger partial charge in [-0.15, -0.1) is 0 Å². The fourth-order valence-corrected chi connectivity index (χ4v) is 2.07. The molecule has 1 nitrogen and oxygen atoms in total. The zero-order valence-electron chi connectivity index (χ0n) is 11.1. The highest BCUT2D eigenvalue weighted by Gasteiger charge is 2.18. The first-order chi connectivity index (χ1) is 9.92. The fourth-order valence-electron chi connectivity index (χ4n) is 2.07. The first-order valence-corrected chi connectivity index (χ1v) is 6.18. The summed E-state index contributed by atoms with van der Waals surface area (Å²) in [6.07, 6.45) is 0.0929. The molecule has 21 heavy (non-hydrogen) atoms. The summed E-state index contributed by atoms with van der Waals surface area (Å²) in [5, 5.41) is 2.74. The van der Waals surface area contributed by atoms with Crippen LogP contribution < -0.4 is 5.32 Å². The minimum atomic E-state index is -1.28. The zero-order chi connectivity index (χ0) is 15.6. The van der Waals surface area contributed by atoms with Gasteiger partial charge in [-0.3, -0.25) is 0 Å². The molecule has 1 atom stereocenters. The van der Waals surface area contributed by atoms with E-state index in [1.165, 1.54) is 13.1 Å². The normalized spacial score (nSPS) is 12.5. The predicted molar refractivity (Wildman–Crippen MR) is 68.2 cm³/mol. The summed E-state index contributed by atoms with van der Waals surface area (Å²) in [7, 11) is 1.51. The van der Waals surface area contributed by atoms with E-state index >= 15 is 0 Å². The quantitative estimate of drug-likeness (QED) is 0.667. The predicted octanol–water partition coefficient (Wildman–Crippen LogP) is 3.89. The van der Waals surface area contributed by atoms with Gasteiger partial charge >= 0.3 is 0 Å². The highest BCUT2D eigenvalue weighted by atomic mass is 19.2. The van der Waals surface area contributed by atoms with E-state index in [0.29, 0.717) is 11.6 Å². The van der Waals surface area contributed by atoms with Gasteiger partial charge < -0.3 is 5.32 Å². The van der Waals surface area contributed by atoms with Crippen molar-refractivity contribution >= 4 is 0 Å². The average molecular weight is 301 g/mol. The van der Waals surface area contributed by atoms with Crippen molar-refractivity contribution in [2.45, 2.75) is 12.5 Å². The largest absolute Gasteiger partial charge is 0.313 e. The molecule has 0 spiro atoms. The van der Waals surface area contributed by atoms with E-state index < -0.39 is 35.1 Å². The Morgan fingerprint density at radius 1 is 0.810 bits per heavy atom. The van der Waals surface area contributed by atoms with Crippen LogP contribution in [0.2, 0.25) is 0 Å². The second-order valence-electron chi connectivity index (χ2n) is 4.58. The molecule has 0 aromatic heterocycles. The number of nitrogens with one attached hydrogen (secondary N) is 1. The molecule has 0 radical (unpaired) electrons. The van der Waals surface area contributed by atoms with Crippen LogP contribution in [-0.2, 0) is 6.42 Å². The summed E-state index contributed by atoms with van der Waals surface area (Å²) in [5.41, 5.74) is 0.318. The molecule has 0 saturated carbocycles. The van der Waals surface area contributed by atoms with Gasteiger partial charge in [0, 0.05) is 17.7 Å². The van der Waals surface area contributed by atoms with Crippen LogP contribution in [0, 0.1) is 29.1 Å². The zero-order valence-corrected chi connectivity index (χ0v) is 11.1. The van der Waals surface area contributed by atoms with Gasteiger partial charge in [0.2, 0.25) is 0 Å². The molecular formula is C15H12F5N.